The number of ketones is 1. The number of carbonyl (C=O) groups is 1. The van der Waals surface area contributed by atoms with Crippen molar-refractivity contribution < 1.29 is 22.9 Å². The number of halogens is 5. The minimum atomic E-state index is -5.13. The summed E-state index contributed by atoms with van der Waals surface area (Å²) in [6.45, 7) is 0. The van der Waals surface area contributed by atoms with Gasteiger partial charge in [-0.2, -0.15) is 13.2 Å². The first-order valence-electron chi connectivity index (χ1n) is 3.89. The Morgan fingerprint density at radius 1 is 1.29 bits per heavy atom. The van der Waals surface area contributed by atoms with E-state index < -0.39 is 38.2 Å². The lowest BCUT2D eigenvalue weighted by atomic mass is 10.1. The molecule has 0 fully saturated rings. The number of nitro groups is 1. The van der Waals surface area contributed by atoms with Crippen molar-refractivity contribution in [2.24, 2.45) is 0 Å². The van der Waals surface area contributed by atoms with Crippen molar-refractivity contribution in [1.29, 1.82) is 0 Å². The minimum Gasteiger partial charge on any atom is -0.284 e. The summed E-state index contributed by atoms with van der Waals surface area (Å²) in [7, 11) is 0. The number of nitro benzene ring substituents is 1. The number of hydrogen-bond donors (Lipinski definition) is 0. The Bertz CT molecular complexity index is 502. The predicted octanol–water partition coefficient (Wildman–Crippen LogP) is 3.65. The maximum absolute atomic E-state index is 12.1. The first kappa shape index (κ1) is 13.7. The van der Waals surface area contributed by atoms with Crippen LogP contribution in [-0.2, 0) is 0 Å². The van der Waals surface area contributed by atoms with Gasteiger partial charge in [0.2, 0.25) is 0 Å². The molecule has 0 aliphatic carbocycles. The van der Waals surface area contributed by atoms with Crippen LogP contribution < -0.4 is 0 Å². The number of nitrogens with zero attached hydrogens (tertiary/aromatic N) is 1. The fraction of sp³-hybridized carbons (Fsp3) is 0.125. The van der Waals surface area contributed by atoms with E-state index in [1.165, 1.54) is 0 Å². The third-order valence-corrected chi connectivity index (χ3v) is 2.52. The van der Waals surface area contributed by atoms with Gasteiger partial charge in [-0.15, -0.1) is 0 Å². The third-order valence-electron chi connectivity index (χ3n) is 1.73. The van der Waals surface area contributed by atoms with E-state index in [1.807, 2.05) is 0 Å². The average molecular weight is 288 g/mol. The largest absolute Gasteiger partial charge is 0.454 e. The predicted molar refractivity (Wildman–Crippen MR) is 53.5 cm³/mol. The fourth-order valence-corrected chi connectivity index (χ4v) is 1.39. The summed E-state index contributed by atoms with van der Waals surface area (Å²) in [5.41, 5.74) is -1.79. The molecule has 92 valence electrons. The maximum atomic E-state index is 12.1. The molecule has 0 spiro atoms. The summed E-state index contributed by atoms with van der Waals surface area (Å²) in [6.07, 6.45) is -5.13. The first-order valence-corrected chi connectivity index (χ1v) is 4.65. The molecule has 17 heavy (non-hydrogen) atoms. The second kappa shape index (κ2) is 4.50. The molecule has 1 rings (SSSR count). The standard InChI is InChI=1S/C8H2Cl2F3NO3/c9-4-1-3(7(15)8(11,12)13)2-5(6(4)10)14(16)17/h1-2H. The highest BCUT2D eigenvalue weighted by atomic mass is 35.5. The van der Waals surface area contributed by atoms with Gasteiger partial charge in [-0.1, -0.05) is 23.2 Å². The highest BCUT2D eigenvalue weighted by molar-refractivity contribution is 6.43. The third kappa shape index (κ3) is 2.86. The Morgan fingerprint density at radius 3 is 2.24 bits per heavy atom. The SMILES string of the molecule is O=C(c1cc(Cl)c(Cl)c([N+](=O)[O-])c1)C(F)(F)F. The zero-order chi connectivity index (χ0) is 13.4. The highest BCUT2D eigenvalue weighted by Crippen LogP contribution is 2.34. The molecule has 1 aromatic carbocycles. The van der Waals surface area contributed by atoms with Crippen molar-refractivity contribution >= 4 is 34.7 Å². The van der Waals surface area contributed by atoms with Crippen LogP contribution in [0.15, 0.2) is 12.1 Å². The van der Waals surface area contributed by atoms with Gasteiger partial charge in [0.15, 0.2) is 0 Å². The second-order valence-corrected chi connectivity index (χ2v) is 3.66. The van der Waals surface area contributed by atoms with Gasteiger partial charge in [-0.05, 0) is 6.07 Å². The van der Waals surface area contributed by atoms with Crippen molar-refractivity contribution in [3.63, 3.8) is 0 Å². The van der Waals surface area contributed by atoms with Gasteiger partial charge in [0, 0.05) is 11.6 Å². The molecular weight excluding hydrogens is 286 g/mol. The van der Waals surface area contributed by atoms with Gasteiger partial charge in [0.25, 0.3) is 11.5 Å². The maximum Gasteiger partial charge on any atom is 0.454 e. The van der Waals surface area contributed by atoms with E-state index >= 15 is 0 Å². The summed E-state index contributed by atoms with van der Waals surface area (Å²) in [5, 5.41) is 9.46. The van der Waals surface area contributed by atoms with Crippen LogP contribution in [0.3, 0.4) is 0 Å². The van der Waals surface area contributed by atoms with Crippen LogP contribution >= 0.6 is 23.2 Å². The summed E-state index contributed by atoms with van der Waals surface area (Å²) in [6, 6.07) is 1.07. The lowest BCUT2D eigenvalue weighted by Gasteiger charge is -2.06. The van der Waals surface area contributed by atoms with Gasteiger partial charge in [0.1, 0.15) is 5.02 Å². The molecule has 4 nitrogen and oxygen atoms in total. The van der Waals surface area contributed by atoms with Gasteiger partial charge in [0.05, 0.1) is 9.95 Å². The van der Waals surface area contributed by atoms with Gasteiger partial charge >= 0.3 is 6.18 Å². The second-order valence-electron chi connectivity index (χ2n) is 2.88. The zero-order valence-electron chi connectivity index (χ0n) is 7.72. The normalized spacial score (nSPS) is 11.4. The number of rotatable bonds is 2. The van der Waals surface area contributed by atoms with Crippen LogP contribution in [0.5, 0.6) is 0 Å². The smallest absolute Gasteiger partial charge is 0.284 e. The van der Waals surface area contributed by atoms with Crippen LogP contribution in [0.4, 0.5) is 18.9 Å². The van der Waals surface area contributed by atoms with Crippen molar-refractivity contribution in [3.05, 3.63) is 37.9 Å². The van der Waals surface area contributed by atoms with Crippen LogP contribution in [-0.4, -0.2) is 16.9 Å². The van der Waals surface area contributed by atoms with Crippen LogP contribution in [0, 0.1) is 10.1 Å². The lowest BCUT2D eigenvalue weighted by molar-refractivity contribution is -0.384. The molecule has 0 radical (unpaired) electrons. The Labute approximate surface area is 102 Å². The monoisotopic (exact) mass is 287 g/mol. The van der Waals surface area contributed by atoms with Gasteiger partial charge in [-0.3, -0.25) is 14.9 Å². The minimum absolute atomic E-state index is 0.435. The van der Waals surface area contributed by atoms with E-state index in [9.17, 15) is 28.1 Å². The van der Waals surface area contributed by atoms with E-state index in [0.29, 0.717) is 12.1 Å². The molecule has 0 amide bonds. The summed E-state index contributed by atoms with van der Waals surface area (Å²) >= 11 is 10.8. The number of benzene rings is 1. The Balaban J connectivity index is 3.39. The number of hydrogen-bond acceptors (Lipinski definition) is 3. The van der Waals surface area contributed by atoms with Crippen molar-refractivity contribution in [3.8, 4) is 0 Å². The first-order chi connectivity index (χ1) is 7.64. The number of carbonyl (C=O) groups excluding carboxylic acids is 1. The van der Waals surface area contributed by atoms with Crippen molar-refractivity contribution in [2.75, 3.05) is 0 Å². The molecule has 0 saturated heterocycles. The number of alkyl halides is 3. The van der Waals surface area contributed by atoms with Crippen molar-refractivity contribution in [1.82, 2.24) is 0 Å². The van der Waals surface area contributed by atoms with Crippen LogP contribution in [0.2, 0.25) is 10.0 Å². The van der Waals surface area contributed by atoms with E-state index in [4.69, 9.17) is 23.2 Å². The quantitative estimate of drug-likeness (QED) is 0.474. The summed E-state index contributed by atoms with van der Waals surface area (Å²) in [5.74, 6) is -2.22. The van der Waals surface area contributed by atoms with Gasteiger partial charge < -0.3 is 0 Å². The zero-order valence-corrected chi connectivity index (χ0v) is 9.23. The topological polar surface area (TPSA) is 60.2 Å². The molecule has 1 aromatic rings. The average Bonchev–Trinajstić information content (AvgIpc) is 2.19. The fourth-order valence-electron chi connectivity index (χ4n) is 1.00. The molecule has 0 aliphatic rings. The molecule has 9 heteroatoms. The molecule has 0 N–H and O–H groups in total. The molecule has 0 aliphatic heterocycles. The molecule has 0 aromatic heterocycles. The molecule has 0 unspecified atom stereocenters. The molecule has 0 atom stereocenters. The molecule has 0 bridgehead atoms. The summed E-state index contributed by atoms with van der Waals surface area (Å²) < 4.78 is 36.3. The van der Waals surface area contributed by atoms with E-state index in [2.05, 4.69) is 0 Å². The molecule has 0 heterocycles. The number of Topliss-reactive ketones (excluding diaryl/α,β-unsaturated/α-hetero) is 1. The Kier molecular flexibility index (Phi) is 3.63. The highest BCUT2D eigenvalue weighted by Gasteiger charge is 2.40. The van der Waals surface area contributed by atoms with E-state index in [1.54, 1.807) is 0 Å². The van der Waals surface area contributed by atoms with Crippen LogP contribution in [0.25, 0.3) is 0 Å². The molecule has 0 saturated carbocycles. The Morgan fingerprint density at radius 2 is 1.82 bits per heavy atom. The lowest BCUT2D eigenvalue weighted by Crippen LogP contribution is -2.22. The van der Waals surface area contributed by atoms with Gasteiger partial charge in [-0.25, -0.2) is 0 Å². The van der Waals surface area contributed by atoms with E-state index in [-0.39, 0.29) is 0 Å². The molecular formula is C8H2Cl2F3NO3. The Hall–Kier alpha value is -1.34. The van der Waals surface area contributed by atoms with Crippen LogP contribution in [0.1, 0.15) is 10.4 Å². The summed E-state index contributed by atoms with van der Waals surface area (Å²) in [4.78, 5) is 20.3. The van der Waals surface area contributed by atoms with Crippen molar-refractivity contribution in [2.45, 2.75) is 6.18 Å². The van der Waals surface area contributed by atoms with E-state index in [0.717, 1.165) is 0 Å².